The molecule has 0 unspecified atom stereocenters. The molecule has 1 amide bonds. The van der Waals surface area contributed by atoms with Gasteiger partial charge in [0, 0.05) is 17.1 Å². The molecular weight excluding hydrogens is 232 g/mol. The first-order valence-electron chi connectivity index (χ1n) is 5.42. The Balaban J connectivity index is 1.92. The summed E-state index contributed by atoms with van der Waals surface area (Å²) in [5, 5.41) is 7.02. The number of aromatic nitrogens is 3. The third kappa shape index (κ3) is 1.73. The second kappa shape index (κ2) is 3.99. The van der Waals surface area contributed by atoms with E-state index in [1.807, 2.05) is 24.3 Å². The first kappa shape index (κ1) is 10.5. The molecule has 3 rings (SSSR count). The number of nitrogens with zero attached hydrogens (tertiary/aromatic N) is 2. The predicted molar refractivity (Wildman–Crippen MR) is 65.3 cm³/mol. The number of hydrogen-bond acceptors (Lipinski definition) is 4. The Morgan fingerprint density at radius 3 is 3.00 bits per heavy atom. The molecule has 0 atom stereocenters. The lowest BCUT2D eigenvalue weighted by atomic mass is 10.2. The van der Waals surface area contributed by atoms with Crippen LogP contribution in [0.25, 0.3) is 10.9 Å². The molecule has 18 heavy (non-hydrogen) atoms. The van der Waals surface area contributed by atoms with Crippen LogP contribution in [0, 0.1) is 6.92 Å². The standard InChI is InChI=1S/C12H10N4O2/c1-7-14-12(18-16-7)15-11(17)9-6-13-10-5-3-2-4-8(9)10/h2-6,13H,1H3,(H,14,15,16,17). The highest BCUT2D eigenvalue weighted by Crippen LogP contribution is 2.18. The van der Waals surface area contributed by atoms with Crippen LogP contribution in [-0.2, 0) is 0 Å². The lowest BCUT2D eigenvalue weighted by Gasteiger charge is -1.97. The van der Waals surface area contributed by atoms with Gasteiger partial charge in [0.1, 0.15) is 0 Å². The van der Waals surface area contributed by atoms with Gasteiger partial charge in [-0.15, -0.1) is 0 Å². The third-order valence-corrected chi connectivity index (χ3v) is 2.58. The molecule has 0 aliphatic carbocycles. The molecule has 3 aromatic rings. The average Bonchev–Trinajstić information content (AvgIpc) is 2.95. The number of hydrogen-bond donors (Lipinski definition) is 2. The number of benzene rings is 1. The van der Waals surface area contributed by atoms with E-state index in [0.717, 1.165) is 10.9 Å². The van der Waals surface area contributed by atoms with Crippen LogP contribution in [0.2, 0.25) is 0 Å². The van der Waals surface area contributed by atoms with Crippen molar-refractivity contribution in [3.8, 4) is 0 Å². The SMILES string of the molecule is Cc1noc(NC(=O)c2c[nH]c3ccccc23)n1. The van der Waals surface area contributed by atoms with Crippen molar-refractivity contribution in [3.05, 3.63) is 41.9 Å². The molecule has 2 aromatic heterocycles. The normalized spacial score (nSPS) is 10.7. The largest absolute Gasteiger partial charge is 0.360 e. The van der Waals surface area contributed by atoms with E-state index in [9.17, 15) is 4.79 Å². The van der Waals surface area contributed by atoms with Crippen LogP contribution >= 0.6 is 0 Å². The monoisotopic (exact) mass is 242 g/mol. The Kier molecular flexibility index (Phi) is 2.33. The molecular formula is C12H10N4O2. The Bertz CT molecular complexity index is 714. The van der Waals surface area contributed by atoms with Crippen LogP contribution in [0.3, 0.4) is 0 Å². The molecule has 2 heterocycles. The van der Waals surface area contributed by atoms with Gasteiger partial charge in [0.05, 0.1) is 5.56 Å². The lowest BCUT2D eigenvalue weighted by Crippen LogP contribution is -2.11. The van der Waals surface area contributed by atoms with Crippen molar-refractivity contribution in [2.45, 2.75) is 6.92 Å². The van der Waals surface area contributed by atoms with Crippen molar-refractivity contribution in [2.24, 2.45) is 0 Å². The van der Waals surface area contributed by atoms with E-state index < -0.39 is 0 Å². The van der Waals surface area contributed by atoms with Gasteiger partial charge in [-0.3, -0.25) is 10.1 Å². The molecule has 0 aliphatic heterocycles. The van der Waals surface area contributed by atoms with E-state index in [0.29, 0.717) is 11.4 Å². The van der Waals surface area contributed by atoms with Crippen LogP contribution in [-0.4, -0.2) is 21.0 Å². The fourth-order valence-corrected chi connectivity index (χ4v) is 1.77. The van der Waals surface area contributed by atoms with Crippen molar-refractivity contribution in [2.75, 3.05) is 5.32 Å². The fraction of sp³-hybridized carbons (Fsp3) is 0.0833. The molecule has 6 heteroatoms. The number of H-pyrrole nitrogens is 1. The minimum Gasteiger partial charge on any atom is -0.360 e. The van der Waals surface area contributed by atoms with Crippen LogP contribution in [0.5, 0.6) is 0 Å². The molecule has 0 saturated heterocycles. The van der Waals surface area contributed by atoms with Gasteiger partial charge in [-0.2, -0.15) is 4.98 Å². The Morgan fingerprint density at radius 1 is 1.39 bits per heavy atom. The number of anilines is 1. The number of fused-ring (bicyclic) bond motifs is 1. The van der Waals surface area contributed by atoms with Crippen molar-refractivity contribution in [1.29, 1.82) is 0 Å². The Morgan fingerprint density at radius 2 is 2.22 bits per heavy atom. The van der Waals surface area contributed by atoms with E-state index in [-0.39, 0.29) is 11.9 Å². The number of para-hydroxylation sites is 1. The first-order valence-corrected chi connectivity index (χ1v) is 5.42. The van der Waals surface area contributed by atoms with Crippen molar-refractivity contribution < 1.29 is 9.32 Å². The van der Waals surface area contributed by atoms with Crippen LogP contribution in [0.1, 0.15) is 16.2 Å². The number of nitrogens with one attached hydrogen (secondary N) is 2. The molecule has 6 nitrogen and oxygen atoms in total. The molecule has 0 fully saturated rings. The zero-order valence-electron chi connectivity index (χ0n) is 9.60. The Labute approximate surface area is 102 Å². The summed E-state index contributed by atoms with van der Waals surface area (Å²) in [6.07, 6.45) is 1.66. The third-order valence-electron chi connectivity index (χ3n) is 2.58. The van der Waals surface area contributed by atoms with Crippen LogP contribution < -0.4 is 5.32 Å². The summed E-state index contributed by atoms with van der Waals surface area (Å²) < 4.78 is 4.84. The fourth-order valence-electron chi connectivity index (χ4n) is 1.77. The second-order valence-corrected chi connectivity index (χ2v) is 3.85. The Hall–Kier alpha value is -2.63. The number of aromatic amines is 1. The maximum absolute atomic E-state index is 12.0. The van der Waals surface area contributed by atoms with Crippen molar-refractivity contribution in [1.82, 2.24) is 15.1 Å². The molecule has 0 spiro atoms. The summed E-state index contributed by atoms with van der Waals surface area (Å²) in [5.41, 5.74) is 1.45. The number of amides is 1. The van der Waals surface area contributed by atoms with Gasteiger partial charge in [-0.25, -0.2) is 0 Å². The summed E-state index contributed by atoms with van der Waals surface area (Å²) in [5.74, 6) is 0.195. The van der Waals surface area contributed by atoms with Gasteiger partial charge < -0.3 is 9.51 Å². The topological polar surface area (TPSA) is 83.8 Å². The van der Waals surface area contributed by atoms with E-state index in [1.165, 1.54) is 0 Å². The zero-order valence-corrected chi connectivity index (χ0v) is 9.60. The van der Waals surface area contributed by atoms with Crippen LogP contribution in [0.4, 0.5) is 6.01 Å². The summed E-state index contributed by atoms with van der Waals surface area (Å²) in [7, 11) is 0. The molecule has 0 bridgehead atoms. The summed E-state index contributed by atoms with van der Waals surface area (Å²) in [6.45, 7) is 1.69. The molecule has 1 aromatic carbocycles. The molecule has 0 saturated carbocycles. The molecule has 0 aliphatic rings. The maximum atomic E-state index is 12.0. The minimum absolute atomic E-state index is 0.0998. The molecule has 0 radical (unpaired) electrons. The van der Waals surface area contributed by atoms with E-state index in [2.05, 4.69) is 20.4 Å². The van der Waals surface area contributed by atoms with E-state index in [4.69, 9.17) is 4.52 Å². The van der Waals surface area contributed by atoms with Crippen molar-refractivity contribution >= 4 is 22.8 Å². The quantitative estimate of drug-likeness (QED) is 0.720. The maximum Gasteiger partial charge on any atom is 0.328 e. The van der Waals surface area contributed by atoms with Gasteiger partial charge in [0.25, 0.3) is 5.91 Å². The predicted octanol–water partition coefficient (Wildman–Crippen LogP) is 2.11. The number of aryl methyl sites for hydroxylation is 1. The minimum atomic E-state index is -0.281. The van der Waals surface area contributed by atoms with Crippen LogP contribution in [0.15, 0.2) is 35.0 Å². The number of carbonyl (C=O) groups is 1. The van der Waals surface area contributed by atoms with Gasteiger partial charge in [-0.05, 0) is 13.0 Å². The van der Waals surface area contributed by atoms with E-state index in [1.54, 1.807) is 13.1 Å². The van der Waals surface area contributed by atoms with Gasteiger partial charge in [0.15, 0.2) is 5.82 Å². The summed E-state index contributed by atoms with van der Waals surface area (Å²) >= 11 is 0. The highest BCUT2D eigenvalue weighted by atomic mass is 16.5. The highest BCUT2D eigenvalue weighted by molar-refractivity contribution is 6.12. The number of rotatable bonds is 2. The molecule has 90 valence electrons. The smallest absolute Gasteiger partial charge is 0.328 e. The van der Waals surface area contributed by atoms with E-state index >= 15 is 0 Å². The lowest BCUT2D eigenvalue weighted by molar-refractivity contribution is 0.102. The molecule has 2 N–H and O–H groups in total. The summed E-state index contributed by atoms with van der Waals surface area (Å²) in [4.78, 5) is 19.0. The average molecular weight is 242 g/mol. The van der Waals surface area contributed by atoms with Crippen molar-refractivity contribution in [3.63, 3.8) is 0 Å². The van der Waals surface area contributed by atoms with Gasteiger partial charge in [0.2, 0.25) is 0 Å². The van der Waals surface area contributed by atoms with Gasteiger partial charge in [-0.1, -0.05) is 23.4 Å². The highest BCUT2D eigenvalue weighted by Gasteiger charge is 2.14. The summed E-state index contributed by atoms with van der Waals surface area (Å²) in [6, 6.07) is 7.66. The number of carbonyl (C=O) groups excluding carboxylic acids is 1. The zero-order chi connectivity index (χ0) is 12.5. The second-order valence-electron chi connectivity index (χ2n) is 3.85. The van der Waals surface area contributed by atoms with Gasteiger partial charge >= 0.3 is 6.01 Å². The first-order chi connectivity index (χ1) is 8.74.